The topological polar surface area (TPSA) is 72.9 Å². The molecule has 1 fully saturated rings. The van der Waals surface area contributed by atoms with Crippen molar-refractivity contribution in [2.75, 3.05) is 20.2 Å². The fourth-order valence-corrected chi connectivity index (χ4v) is 3.28. The number of aryl methyl sites for hydroxylation is 1. The first-order valence-electron chi connectivity index (χ1n) is 8.06. The molecule has 2 N–H and O–H groups in total. The Bertz CT molecular complexity index is 749. The summed E-state index contributed by atoms with van der Waals surface area (Å²) in [5, 5.41) is 0. The van der Waals surface area contributed by atoms with Gasteiger partial charge in [0.2, 0.25) is 0 Å². The third-order valence-electron chi connectivity index (χ3n) is 4.62. The van der Waals surface area contributed by atoms with Gasteiger partial charge >= 0.3 is 0 Å². The van der Waals surface area contributed by atoms with Gasteiger partial charge in [-0.2, -0.15) is 0 Å². The van der Waals surface area contributed by atoms with E-state index in [1.165, 1.54) is 0 Å². The van der Waals surface area contributed by atoms with E-state index in [0.717, 1.165) is 30.6 Å². The molecule has 0 bridgehead atoms. The first-order valence-corrected chi connectivity index (χ1v) is 8.06. The summed E-state index contributed by atoms with van der Waals surface area (Å²) >= 11 is 0. The Balaban J connectivity index is 0.00000208. The number of pyridine rings is 1. The number of fused-ring (bicyclic) bond motifs is 1. The third-order valence-corrected chi connectivity index (χ3v) is 4.62. The number of methoxy groups -OCH3 is 1. The van der Waals surface area contributed by atoms with Gasteiger partial charge in [0.1, 0.15) is 5.65 Å². The molecule has 2 aromatic rings. The normalized spacial score (nSPS) is 21.6. The van der Waals surface area contributed by atoms with Crippen LogP contribution in [-0.4, -0.2) is 46.6 Å². The van der Waals surface area contributed by atoms with Crippen LogP contribution in [0.15, 0.2) is 29.2 Å². The number of aromatic nitrogens is 2. The Morgan fingerprint density at radius 3 is 2.92 bits per heavy atom. The lowest BCUT2D eigenvalue weighted by Gasteiger charge is -2.38. The number of hydrogen-bond acceptors (Lipinski definition) is 5. The Kier molecular flexibility index (Phi) is 6.34. The molecule has 0 spiro atoms. The largest absolute Gasteiger partial charge is 0.381 e. The monoisotopic (exact) mass is 352 g/mol. The Morgan fingerprint density at radius 2 is 2.21 bits per heavy atom. The van der Waals surface area contributed by atoms with Gasteiger partial charge in [0.25, 0.3) is 5.56 Å². The molecule has 1 aliphatic heterocycles. The lowest BCUT2D eigenvalue weighted by molar-refractivity contribution is 0.00978. The zero-order valence-corrected chi connectivity index (χ0v) is 15.0. The quantitative estimate of drug-likeness (QED) is 0.899. The summed E-state index contributed by atoms with van der Waals surface area (Å²) in [6, 6.07) is 5.76. The van der Waals surface area contributed by atoms with Crippen LogP contribution < -0.4 is 11.3 Å². The minimum absolute atomic E-state index is 0. The van der Waals surface area contributed by atoms with Crippen molar-refractivity contribution in [3.8, 4) is 0 Å². The number of halogens is 1. The predicted octanol–water partition coefficient (Wildman–Crippen LogP) is 1.36. The van der Waals surface area contributed by atoms with E-state index in [2.05, 4.69) is 9.88 Å². The van der Waals surface area contributed by atoms with E-state index in [0.29, 0.717) is 18.7 Å². The van der Waals surface area contributed by atoms with Crippen LogP contribution in [0.3, 0.4) is 0 Å². The highest BCUT2D eigenvalue weighted by molar-refractivity contribution is 5.85. The number of nitrogens with zero attached hydrogens (tertiary/aromatic N) is 3. The van der Waals surface area contributed by atoms with Crippen molar-refractivity contribution in [1.82, 2.24) is 14.3 Å². The number of hydrogen-bond donors (Lipinski definition) is 1. The molecule has 2 atom stereocenters. The zero-order chi connectivity index (χ0) is 16.4. The third kappa shape index (κ3) is 3.95. The first-order chi connectivity index (χ1) is 11.1. The maximum absolute atomic E-state index is 12.3. The van der Waals surface area contributed by atoms with Gasteiger partial charge in [0.15, 0.2) is 0 Å². The second-order valence-corrected chi connectivity index (χ2v) is 6.26. The number of rotatable bonds is 4. The van der Waals surface area contributed by atoms with Gasteiger partial charge in [0, 0.05) is 45.0 Å². The first kappa shape index (κ1) is 18.9. The van der Waals surface area contributed by atoms with Crippen molar-refractivity contribution in [1.29, 1.82) is 0 Å². The van der Waals surface area contributed by atoms with Crippen molar-refractivity contribution in [3.63, 3.8) is 0 Å². The molecular formula is C17H25ClN4O2. The number of nitrogens with two attached hydrogens (primary N) is 1. The van der Waals surface area contributed by atoms with Crippen LogP contribution in [0.5, 0.6) is 0 Å². The van der Waals surface area contributed by atoms with E-state index < -0.39 is 0 Å². The average Bonchev–Trinajstić information content (AvgIpc) is 2.56. The predicted molar refractivity (Wildman–Crippen MR) is 96.7 cm³/mol. The molecule has 0 aliphatic carbocycles. The molecule has 3 heterocycles. The summed E-state index contributed by atoms with van der Waals surface area (Å²) < 4.78 is 7.05. The fourth-order valence-electron chi connectivity index (χ4n) is 3.28. The van der Waals surface area contributed by atoms with Gasteiger partial charge in [-0.1, -0.05) is 6.07 Å². The van der Waals surface area contributed by atoms with Crippen LogP contribution in [0.25, 0.3) is 5.65 Å². The van der Waals surface area contributed by atoms with E-state index in [1.54, 1.807) is 17.6 Å². The summed E-state index contributed by atoms with van der Waals surface area (Å²) in [6.07, 6.45) is 4.01. The van der Waals surface area contributed by atoms with Gasteiger partial charge in [-0.05, 0) is 31.4 Å². The summed E-state index contributed by atoms with van der Waals surface area (Å²) in [5.41, 5.74) is 8.41. The lowest BCUT2D eigenvalue weighted by Crippen LogP contribution is -2.48. The van der Waals surface area contributed by atoms with E-state index in [9.17, 15) is 4.79 Å². The van der Waals surface area contributed by atoms with Gasteiger partial charge in [-0.25, -0.2) is 4.98 Å². The van der Waals surface area contributed by atoms with E-state index >= 15 is 0 Å². The molecule has 0 amide bonds. The number of piperidine rings is 1. The zero-order valence-electron chi connectivity index (χ0n) is 14.1. The SMILES string of the molecule is COC1CCN(Cc2cc(=O)n3cc(C)ccc3n2)C(CN)C1.Cl. The van der Waals surface area contributed by atoms with E-state index in [-0.39, 0.29) is 30.1 Å². The highest BCUT2D eigenvalue weighted by Gasteiger charge is 2.27. The van der Waals surface area contributed by atoms with Gasteiger partial charge < -0.3 is 10.5 Å². The summed E-state index contributed by atoms with van der Waals surface area (Å²) in [5.74, 6) is 0. The van der Waals surface area contributed by atoms with E-state index in [4.69, 9.17) is 10.5 Å². The highest BCUT2D eigenvalue weighted by Crippen LogP contribution is 2.20. The van der Waals surface area contributed by atoms with E-state index in [1.807, 2.05) is 25.3 Å². The van der Waals surface area contributed by atoms with Gasteiger partial charge in [-0.15, -0.1) is 12.4 Å². The number of likely N-dealkylation sites (tertiary alicyclic amines) is 1. The van der Waals surface area contributed by atoms with Crippen molar-refractivity contribution in [2.45, 2.75) is 38.5 Å². The van der Waals surface area contributed by atoms with Crippen molar-refractivity contribution in [3.05, 3.63) is 46.0 Å². The lowest BCUT2D eigenvalue weighted by atomic mass is 9.99. The molecule has 2 aromatic heterocycles. The van der Waals surface area contributed by atoms with Crippen molar-refractivity contribution in [2.24, 2.45) is 5.73 Å². The Labute approximate surface area is 148 Å². The Hall–Kier alpha value is -1.47. The van der Waals surface area contributed by atoms with Crippen LogP contribution >= 0.6 is 12.4 Å². The second kappa shape index (κ2) is 8.07. The second-order valence-electron chi connectivity index (χ2n) is 6.26. The maximum atomic E-state index is 12.3. The molecule has 3 rings (SSSR count). The van der Waals surface area contributed by atoms with Gasteiger partial charge in [0.05, 0.1) is 11.8 Å². The fraction of sp³-hybridized carbons (Fsp3) is 0.529. The number of ether oxygens (including phenoxy) is 1. The highest BCUT2D eigenvalue weighted by atomic mass is 35.5. The van der Waals surface area contributed by atoms with Crippen LogP contribution in [0.2, 0.25) is 0 Å². The molecule has 24 heavy (non-hydrogen) atoms. The standard InChI is InChI=1S/C17H24N4O2.ClH/c1-12-3-4-16-19-13(7-17(22)21(16)10-12)11-20-6-5-15(23-2)8-14(20)9-18;/h3-4,7,10,14-15H,5-6,8-9,11,18H2,1-2H3;1H. The molecular weight excluding hydrogens is 328 g/mol. The average molecular weight is 353 g/mol. The van der Waals surface area contributed by atoms with Crippen molar-refractivity contribution >= 4 is 18.1 Å². The van der Waals surface area contributed by atoms with Gasteiger partial charge in [-0.3, -0.25) is 14.1 Å². The molecule has 1 saturated heterocycles. The molecule has 0 aromatic carbocycles. The van der Waals surface area contributed by atoms with Crippen LogP contribution in [-0.2, 0) is 11.3 Å². The van der Waals surface area contributed by atoms with Crippen LogP contribution in [0.1, 0.15) is 24.1 Å². The molecule has 0 saturated carbocycles. The molecule has 1 aliphatic rings. The summed E-state index contributed by atoms with van der Waals surface area (Å²) in [6.45, 7) is 4.12. The van der Waals surface area contributed by atoms with Crippen LogP contribution in [0, 0.1) is 6.92 Å². The molecule has 2 unspecified atom stereocenters. The Morgan fingerprint density at radius 1 is 1.42 bits per heavy atom. The molecule has 6 nitrogen and oxygen atoms in total. The molecule has 132 valence electrons. The summed E-state index contributed by atoms with van der Waals surface area (Å²) in [4.78, 5) is 19.2. The minimum atomic E-state index is -0.0372. The molecule has 7 heteroatoms. The smallest absolute Gasteiger partial charge is 0.258 e. The summed E-state index contributed by atoms with van der Waals surface area (Å²) in [7, 11) is 1.75. The maximum Gasteiger partial charge on any atom is 0.258 e. The minimum Gasteiger partial charge on any atom is -0.381 e. The van der Waals surface area contributed by atoms with Crippen molar-refractivity contribution < 1.29 is 4.74 Å². The molecule has 0 radical (unpaired) electrons. The van der Waals surface area contributed by atoms with Crippen LogP contribution in [0.4, 0.5) is 0 Å².